The molecule has 3 aromatic carbocycles. The number of benzene rings is 3. The van der Waals surface area contributed by atoms with E-state index in [1.54, 1.807) is 30.3 Å². The number of hydrogen-bond donors (Lipinski definition) is 1. The number of methoxy groups -OCH3 is 2. The summed E-state index contributed by atoms with van der Waals surface area (Å²) in [6, 6.07) is 19.1. The van der Waals surface area contributed by atoms with E-state index in [1.165, 1.54) is 19.1 Å². The molecule has 3 aromatic rings. The monoisotopic (exact) mass is 486 g/mol. The van der Waals surface area contributed by atoms with Crippen molar-refractivity contribution < 1.29 is 24.2 Å². The van der Waals surface area contributed by atoms with E-state index < -0.39 is 17.7 Å². The Labute approximate surface area is 211 Å². The number of carbonyl (C=O) groups is 2. The predicted molar refractivity (Wildman–Crippen MR) is 141 cm³/mol. The quantitative estimate of drug-likeness (QED) is 0.289. The Balaban J connectivity index is 1.92. The third kappa shape index (κ3) is 4.40. The van der Waals surface area contributed by atoms with Gasteiger partial charge in [-0.05, 0) is 41.8 Å². The van der Waals surface area contributed by atoms with E-state index in [1.807, 2.05) is 62.3 Å². The highest BCUT2D eigenvalue weighted by atomic mass is 16.5. The first kappa shape index (κ1) is 24.9. The molecule has 4 rings (SSSR count). The molecule has 186 valence electrons. The van der Waals surface area contributed by atoms with Crippen molar-refractivity contribution in [1.82, 2.24) is 0 Å². The van der Waals surface area contributed by atoms with Crippen LogP contribution in [0.5, 0.6) is 11.5 Å². The van der Waals surface area contributed by atoms with Crippen molar-refractivity contribution >= 4 is 28.8 Å². The highest BCUT2D eigenvalue weighted by Crippen LogP contribution is 2.44. The Morgan fingerprint density at radius 3 is 2.11 bits per heavy atom. The van der Waals surface area contributed by atoms with Crippen molar-refractivity contribution in [2.75, 3.05) is 38.1 Å². The highest BCUT2D eigenvalue weighted by molar-refractivity contribution is 6.51. The van der Waals surface area contributed by atoms with Crippen LogP contribution in [0.25, 0.3) is 5.76 Å². The minimum Gasteiger partial charge on any atom is -0.507 e. The third-order valence-corrected chi connectivity index (χ3v) is 6.45. The number of carbonyl (C=O) groups excluding carboxylic acids is 2. The summed E-state index contributed by atoms with van der Waals surface area (Å²) in [5.74, 6) is -0.755. The van der Waals surface area contributed by atoms with Crippen LogP contribution in [0.3, 0.4) is 0 Å². The van der Waals surface area contributed by atoms with Crippen molar-refractivity contribution in [2.45, 2.75) is 19.4 Å². The Hall–Kier alpha value is -4.26. The molecule has 1 aliphatic rings. The molecular formula is C29H30N2O5. The second-order valence-corrected chi connectivity index (χ2v) is 8.74. The van der Waals surface area contributed by atoms with Gasteiger partial charge in [-0.25, -0.2) is 0 Å². The lowest BCUT2D eigenvalue weighted by molar-refractivity contribution is -0.132. The molecule has 7 heteroatoms. The number of rotatable bonds is 7. The summed E-state index contributed by atoms with van der Waals surface area (Å²) >= 11 is 0. The first-order chi connectivity index (χ1) is 17.3. The van der Waals surface area contributed by atoms with Crippen LogP contribution in [0.1, 0.15) is 29.7 Å². The maximum Gasteiger partial charge on any atom is 0.300 e. The fourth-order valence-corrected chi connectivity index (χ4v) is 4.40. The van der Waals surface area contributed by atoms with E-state index in [2.05, 4.69) is 0 Å². The lowest BCUT2D eigenvalue weighted by atomic mass is 9.94. The van der Waals surface area contributed by atoms with Gasteiger partial charge in [0.05, 0.1) is 25.8 Å². The second-order valence-electron chi connectivity index (χ2n) is 8.74. The molecule has 7 nitrogen and oxygen atoms in total. The van der Waals surface area contributed by atoms with Gasteiger partial charge in [0, 0.05) is 37.1 Å². The van der Waals surface area contributed by atoms with Gasteiger partial charge in [-0.2, -0.15) is 0 Å². The number of amides is 1. The van der Waals surface area contributed by atoms with Crippen molar-refractivity contribution in [2.24, 2.45) is 0 Å². The normalized spacial score (nSPS) is 16.8. The fourth-order valence-electron chi connectivity index (χ4n) is 4.40. The van der Waals surface area contributed by atoms with Gasteiger partial charge in [0.25, 0.3) is 11.7 Å². The van der Waals surface area contributed by atoms with Gasteiger partial charge < -0.3 is 19.5 Å². The molecule has 1 fully saturated rings. The average Bonchev–Trinajstić information content (AvgIpc) is 3.17. The van der Waals surface area contributed by atoms with E-state index in [0.29, 0.717) is 28.3 Å². The molecule has 1 atom stereocenters. The minimum absolute atomic E-state index is 0.0386. The first-order valence-corrected chi connectivity index (χ1v) is 11.7. The van der Waals surface area contributed by atoms with Gasteiger partial charge in [0.2, 0.25) is 0 Å². The molecule has 0 aromatic heterocycles. The topological polar surface area (TPSA) is 79.3 Å². The van der Waals surface area contributed by atoms with Crippen LogP contribution in [0, 0.1) is 0 Å². The zero-order valence-electron chi connectivity index (χ0n) is 21.1. The molecule has 1 saturated heterocycles. The second kappa shape index (κ2) is 10.2. The Bertz CT molecular complexity index is 1310. The molecule has 36 heavy (non-hydrogen) atoms. The summed E-state index contributed by atoms with van der Waals surface area (Å²) in [4.78, 5) is 30.2. The molecular weight excluding hydrogens is 456 g/mol. The molecule has 1 amide bonds. The van der Waals surface area contributed by atoms with Crippen LogP contribution >= 0.6 is 0 Å². The number of Topliss-reactive ketones (excluding diaryl/α,β-unsaturated/α-hetero) is 1. The van der Waals surface area contributed by atoms with Gasteiger partial charge in [0.15, 0.2) is 11.5 Å². The van der Waals surface area contributed by atoms with Crippen LogP contribution in [-0.2, 0) is 16.0 Å². The van der Waals surface area contributed by atoms with Crippen LogP contribution < -0.4 is 19.3 Å². The van der Waals surface area contributed by atoms with Gasteiger partial charge in [-0.3, -0.25) is 14.5 Å². The Morgan fingerprint density at radius 1 is 0.917 bits per heavy atom. The summed E-state index contributed by atoms with van der Waals surface area (Å²) in [5, 5.41) is 11.3. The van der Waals surface area contributed by atoms with E-state index in [4.69, 9.17) is 9.47 Å². The maximum atomic E-state index is 13.4. The number of ether oxygens (including phenoxy) is 2. The van der Waals surface area contributed by atoms with Crippen LogP contribution in [0.4, 0.5) is 11.4 Å². The number of aliphatic hydroxyl groups excluding tert-OH is 1. The summed E-state index contributed by atoms with van der Waals surface area (Å²) in [7, 11) is 6.91. The molecule has 0 bridgehead atoms. The van der Waals surface area contributed by atoms with E-state index in [9.17, 15) is 14.7 Å². The van der Waals surface area contributed by atoms with Crippen LogP contribution in [0.2, 0.25) is 0 Å². The van der Waals surface area contributed by atoms with E-state index >= 15 is 0 Å². The molecule has 0 spiro atoms. The zero-order valence-corrected chi connectivity index (χ0v) is 21.1. The molecule has 1 heterocycles. The zero-order chi connectivity index (χ0) is 26.0. The molecule has 0 radical (unpaired) electrons. The Kier molecular flexibility index (Phi) is 7.01. The van der Waals surface area contributed by atoms with E-state index in [0.717, 1.165) is 17.7 Å². The predicted octanol–water partition coefficient (Wildman–Crippen LogP) is 4.96. The SMILES string of the molecule is CCc1ccc(/C(O)=C2\C(=O)C(=O)N(c3ccc(OC)c(OC)c3)C2c2ccc(N(C)C)cc2)cc1. The van der Waals surface area contributed by atoms with Crippen molar-refractivity contribution in [3.8, 4) is 11.5 Å². The molecule has 1 N–H and O–H groups in total. The van der Waals surface area contributed by atoms with Gasteiger partial charge in [0.1, 0.15) is 5.76 Å². The lowest BCUT2D eigenvalue weighted by Gasteiger charge is -2.26. The summed E-state index contributed by atoms with van der Waals surface area (Å²) in [6.07, 6.45) is 0.850. The highest BCUT2D eigenvalue weighted by Gasteiger charge is 2.47. The largest absolute Gasteiger partial charge is 0.507 e. The maximum absolute atomic E-state index is 13.4. The van der Waals surface area contributed by atoms with Crippen molar-refractivity contribution in [3.05, 3.63) is 89.0 Å². The summed E-state index contributed by atoms with van der Waals surface area (Å²) in [5.41, 5.74) is 3.74. The number of aryl methyl sites for hydroxylation is 1. The molecule has 0 aliphatic carbocycles. The minimum atomic E-state index is -0.829. The van der Waals surface area contributed by atoms with Gasteiger partial charge in [-0.15, -0.1) is 0 Å². The smallest absolute Gasteiger partial charge is 0.300 e. The standard InChI is InChI=1S/C29H30N2O5/c1-6-18-7-9-20(10-8-18)27(32)25-26(19-11-13-21(14-12-19)30(2)3)31(29(34)28(25)33)22-15-16-23(35-4)24(17-22)36-5/h7-17,26,32H,6H2,1-5H3/b27-25+. The summed E-state index contributed by atoms with van der Waals surface area (Å²) in [6.45, 7) is 2.04. The average molecular weight is 487 g/mol. The summed E-state index contributed by atoms with van der Waals surface area (Å²) < 4.78 is 10.8. The van der Waals surface area contributed by atoms with Crippen LogP contribution in [0.15, 0.2) is 72.3 Å². The number of aliphatic hydroxyl groups is 1. The molecule has 1 aliphatic heterocycles. The van der Waals surface area contributed by atoms with Crippen LogP contribution in [-0.4, -0.2) is 45.1 Å². The molecule has 0 saturated carbocycles. The lowest BCUT2D eigenvalue weighted by Crippen LogP contribution is -2.29. The Morgan fingerprint density at radius 2 is 1.56 bits per heavy atom. The number of hydrogen-bond acceptors (Lipinski definition) is 6. The third-order valence-electron chi connectivity index (χ3n) is 6.45. The number of nitrogens with zero attached hydrogens (tertiary/aromatic N) is 2. The van der Waals surface area contributed by atoms with Crippen molar-refractivity contribution in [1.29, 1.82) is 0 Å². The van der Waals surface area contributed by atoms with E-state index in [-0.39, 0.29) is 11.3 Å². The fraction of sp³-hybridized carbons (Fsp3) is 0.241. The first-order valence-electron chi connectivity index (χ1n) is 11.7. The molecule has 1 unspecified atom stereocenters. The number of anilines is 2. The van der Waals surface area contributed by atoms with Crippen molar-refractivity contribution in [3.63, 3.8) is 0 Å². The number of ketones is 1. The van der Waals surface area contributed by atoms with Gasteiger partial charge >= 0.3 is 0 Å². The van der Waals surface area contributed by atoms with Gasteiger partial charge in [-0.1, -0.05) is 43.3 Å².